The van der Waals surface area contributed by atoms with Crippen LogP contribution < -0.4 is 10.3 Å². The molecule has 37 heavy (non-hydrogen) atoms. The van der Waals surface area contributed by atoms with Gasteiger partial charge in [0.05, 0.1) is 10.9 Å². The summed E-state index contributed by atoms with van der Waals surface area (Å²) in [7, 11) is 0. The van der Waals surface area contributed by atoms with E-state index >= 15 is 0 Å². The maximum Gasteiger partial charge on any atom is 0.269 e. The molecule has 1 amide bonds. The molecule has 7 heteroatoms. The van der Waals surface area contributed by atoms with E-state index in [9.17, 15) is 4.79 Å². The van der Waals surface area contributed by atoms with E-state index in [-0.39, 0.29) is 11.2 Å². The molecule has 4 rings (SSSR count). The molecule has 0 saturated carbocycles. The highest BCUT2D eigenvalue weighted by molar-refractivity contribution is 7.99. The van der Waals surface area contributed by atoms with Crippen LogP contribution in [-0.4, -0.2) is 17.1 Å². The Morgan fingerprint density at radius 2 is 1.68 bits per heavy atom. The summed E-state index contributed by atoms with van der Waals surface area (Å²) in [6.07, 6.45) is 4.02. The number of aromatic nitrogens is 1. The number of hydrazone groups is 1. The third kappa shape index (κ3) is 7.46. The van der Waals surface area contributed by atoms with Crippen LogP contribution in [0.1, 0.15) is 67.7 Å². The number of amides is 1. The molecule has 3 aromatic rings. The normalized spacial score (nSPS) is 13.1. The molecule has 1 aliphatic heterocycles. The second-order valence-electron chi connectivity index (χ2n) is 7.86. The summed E-state index contributed by atoms with van der Waals surface area (Å²) in [6.45, 7) is 18.3. The zero-order valence-electron chi connectivity index (χ0n) is 22.8. The van der Waals surface area contributed by atoms with Gasteiger partial charge in [0.2, 0.25) is 0 Å². The lowest BCUT2D eigenvalue weighted by Gasteiger charge is -2.27. The molecule has 1 unspecified atom stereocenters. The highest BCUT2D eigenvalue weighted by Crippen LogP contribution is 2.44. The fourth-order valence-electron chi connectivity index (χ4n) is 3.96. The van der Waals surface area contributed by atoms with Crippen LogP contribution in [0.5, 0.6) is 0 Å². The predicted octanol–water partition coefficient (Wildman–Crippen LogP) is 8.24. The number of rotatable bonds is 6. The van der Waals surface area contributed by atoms with Gasteiger partial charge < -0.3 is 5.32 Å². The van der Waals surface area contributed by atoms with Crippen molar-refractivity contribution in [2.45, 2.75) is 65.2 Å². The Labute approximate surface area is 231 Å². The van der Waals surface area contributed by atoms with Crippen LogP contribution in [0.2, 0.25) is 5.02 Å². The first kappa shape index (κ1) is 30.1. The summed E-state index contributed by atoms with van der Waals surface area (Å²) in [5.41, 5.74) is 6.68. The first-order valence-corrected chi connectivity index (χ1v) is 13.9. The molecule has 1 aliphatic rings. The van der Waals surface area contributed by atoms with Gasteiger partial charge in [-0.25, -0.2) is 9.99 Å². The number of aryl methyl sites for hydroxylation is 3. The summed E-state index contributed by atoms with van der Waals surface area (Å²) in [4.78, 5) is 16.3. The van der Waals surface area contributed by atoms with Crippen LogP contribution in [0.25, 0.3) is 0 Å². The Morgan fingerprint density at radius 3 is 2.24 bits per heavy atom. The van der Waals surface area contributed by atoms with Gasteiger partial charge in [-0.05, 0) is 78.4 Å². The number of hydrogen-bond donors (Lipinski definition) is 1. The third-order valence-electron chi connectivity index (χ3n) is 5.53. The fourth-order valence-corrected chi connectivity index (χ4v) is 5.58. The van der Waals surface area contributed by atoms with Crippen molar-refractivity contribution >= 4 is 41.2 Å². The van der Waals surface area contributed by atoms with E-state index in [0.717, 1.165) is 33.8 Å². The van der Waals surface area contributed by atoms with Crippen LogP contribution in [0, 0.1) is 13.8 Å². The van der Waals surface area contributed by atoms with Crippen LogP contribution in [0.3, 0.4) is 0 Å². The number of anilines is 1. The molecule has 0 spiro atoms. The van der Waals surface area contributed by atoms with Crippen molar-refractivity contribution in [3.05, 3.63) is 100.0 Å². The zero-order valence-corrected chi connectivity index (χ0v) is 24.4. The molecule has 1 aromatic heterocycles. The topological polar surface area (TPSA) is 57.6 Å². The number of thioether (sulfide) groups is 1. The molecule has 1 N–H and O–H groups in total. The van der Waals surface area contributed by atoms with E-state index in [1.165, 1.54) is 17.3 Å². The Bertz CT molecular complexity index is 1220. The van der Waals surface area contributed by atoms with Crippen molar-refractivity contribution in [1.82, 2.24) is 10.3 Å². The van der Waals surface area contributed by atoms with Gasteiger partial charge in [-0.2, -0.15) is 5.10 Å². The largest absolute Gasteiger partial charge is 0.306 e. The number of halogens is 1. The van der Waals surface area contributed by atoms with E-state index < -0.39 is 0 Å². The number of carbonyl (C=O) groups is 1. The molecular weight excluding hydrogens is 500 g/mol. The van der Waals surface area contributed by atoms with Crippen molar-refractivity contribution in [1.29, 1.82) is 0 Å². The highest BCUT2D eigenvalue weighted by atomic mass is 35.5. The average molecular weight is 537 g/mol. The highest BCUT2D eigenvalue weighted by Gasteiger charge is 2.24. The number of nitrogens with one attached hydrogen (secondary N) is 1. The maximum absolute atomic E-state index is 11.6. The minimum atomic E-state index is -0.275. The molecule has 0 bridgehead atoms. The van der Waals surface area contributed by atoms with Crippen LogP contribution in [0.4, 0.5) is 5.69 Å². The second kappa shape index (κ2) is 14.6. The van der Waals surface area contributed by atoms with Gasteiger partial charge in [0.15, 0.2) is 0 Å². The Hall–Kier alpha value is -3.09. The molecule has 0 saturated heterocycles. The average Bonchev–Trinajstić information content (AvgIpc) is 2.91. The molecule has 0 radical (unpaired) electrons. The standard InChI is InChI=1S/C26H25ClN4OS.2C2H6/c1-5-19-7-6-12-28-26(19)33-25(20-8-10-21(27)11-9-20)24-16(2)13-22(14-17(24)3)31-18(4)30-23(32)15-29-31;2*1-2/h6-15,25H,4-5H2,1-3H3,(H,30,32);2*1-2H3. The molecular formula is C30H37ClN4OS. The Kier molecular flexibility index (Phi) is 11.9. The van der Waals surface area contributed by atoms with Gasteiger partial charge in [-0.1, -0.05) is 82.8 Å². The number of hydrogen-bond acceptors (Lipinski definition) is 5. The van der Waals surface area contributed by atoms with Crippen molar-refractivity contribution in [3.8, 4) is 0 Å². The number of pyridine rings is 1. The van der Waals surface area contributed by atoms with Gasteiger partial charge in [-0.3, -0.25) is 4.79 Å². The zero-order chi connectivity index (χ0) is 27.5. The van der Waals surface area contributed by atoms with E-state index in [0.29, 0.717) is 10.8 Å². The van der Waals surface area contributed by atoms with Crippen LogP contribution >= 0.6 is 23.4 Å². The summed E-state index contributed by atoms with van der Waals surface area (Å²) >= 11 is 7.94. The van der Waals surface area contributed by atoms with Crippen molar-refractivity contribution < 1.29 is 4.79 Å². The molecule has 2 aromatic carbocycles. The van der Waals surface area contributed by atoms with Gasteiger partial charge >= 0.3 is 0 Å². The van der Waals surface area contributed by atoms with Crippen molar-refractivity contribution in [3.63, 3.8) is 0 Å². The predicted molar refractivity (Wildman–Crippen MR) is 160 cm³/mol. The minimum Gasteiger partial charge on any atom is -0.306 e. The molecule has 2 heterocycles. The Balaban J connectivity index is 0.00000115. The smallest absolute Gasteiger partial charge is 0.269 e. The summed E-state index contributed by atoms with van der Waals surface area (Å²) in [5, 5.41) is 10.4. The van der Waals surface area contributed by atoms with Crippen LogP contribution in [-0.2, 0) is 11.2 Å². The van der Waals surface area contributed by atoms with E-state index in [4.69, 9.17) is 11.6 Å². The molecule has 1 atom stereocenters. The fraction of sp³-hybridized carbons (Fsp3) is 0.300. The minimum absolute atomic E-state index is 0.0317. The summed E-state index contributed by atoms with van der Waals surface area (Å²) in [5.74, 6) is 0.154. The van der Waals surface area contributed by atoms with E-state index in [1.807, 2.05) is 52.1 Å². The van der Waals surface area contributed by atoms with Gasteiger partial charge in [0.25, 0.3) is 5.91 Å². The lowest BCUT2D eigenvalue weighted by molar-refractivity contribution is -0.114. The van der Waals surface area contributed by atoms with E-state index in [1.54, 1.807) is 16.8 Å². The second-order valence-corrected chi connectivity index (χ2v) is 9.39. The molecule has 5 nitrogen and oxygen atoms in total. The molecule has 0 fully saturated rings. The van der Waals surface area contributed by atoms with Gasteiger partial charge in [0.1, 0.15) is 17.1 Å². The van der Waals surface area contributed by atoms with Gasteiger partial charge in [-0.15, -0.1) is 0 Å². The first-order valence-electron chi connectivity index (χ1n) is 12.7. The first-order chi connectivity index (χ1) is 17.9. The van der Waals surface area contributed by atoms with E-state index in [2.05, 4.69) is 73.1 Å². The molecule has 0 aliphatic carbocycles. The number of benzene rings is 2. The lowest BCUT2D eigenvalue weighted by atomic mass is 9.94. The van der Waals surface area contributed by atoms with Crippen molar-refractivity contribution in [2.24, 2.45) is 5.10 Å². The van der Waals surface area contributed by atoms with Crippen molar-refractivity contribution in [2.75, 3.05) is 5.01 Å². The van der Waals surface area contributed by atoms with Crippen LogP contribution in [0.15, 0.2) is 77.3 Å². The molecule has 196 valence electrons. The number of carbonyl (C=O) groups excluding carboxylic acids is 1. The maximum atomic E-state index is 11.6. The van der Waals surface area contributed by atoms with Gasteiger partial charge in [0, 0.05) is 11.2 Å². The Morgan fingerprint density at radius 1 is 1.05 bits per heavy atom. The lowest BCUT2D eigenvalue weighted by Crippen LogP contribution is -2.37. The third-order valence-corrected chi connectivity index (χ3v) is 7.12. The SMILES string of the molecule is C=C1NC(=O)C=NN1c1cc(C)c(C(Sc2ncccc2CC)c2ccc(Cl)cc2)c(C)c1.CC.CC. The quantitative estimate of drug-likeness (QED) is 0.322. The monoisotopic (exact) mass is 536 g/mol. The summed E-state index contributed by atoms with van der Waals surface area (Å²) < 4.78 is 0. The number of nitrogens with zero attached hydrogens (tertiary/aromatic N) is 3. The summed E-state index contributed by atoms with van der Waals surface area (Å²) in [6, 6.07) is 16.3.